The molecule has 1 fully saturated rings. The predicted molar refractivity (Wildman–Crippen MR) is 109 cm³/mol. The van der Waals surface area contributed by atoms with Crippen molar-refractivity contribution in [2.75, 3.05) is 20.1 Å². The monoisotopic (exact) mass is 463 g/mol. The molecule has 0 unspecified atom stereocenters. The van der Waals surface area contributed by atoms with E-state index in [0.717, 1.165) is 37.1 Å². The van der Waals surface area contributed by atoms with Gasteiger partial charge in [-0.25, -0.2) is 0 Å². The zero-order valence-electron chi connectivity index (χ0n) is 15.3. The maximum Gasteiger partial charge on any atom is 0.223 e. The highest BCUT2D eigenvalue weighted by Crippen LogP contribution is 2.28. The van der Waals surface area contributed by atoms with E-state index in [4.69, 9.17) is 4.52 Å². The van der Waals surface area contributed by atoms with Crippen LogP contribution < -0.4 is 16.0 Å². The van der Waals surface area contributed by atoms with E-state index in [2.05, 4.69) is 39.9 Å². The number of nitrogens with zero attached hydrogens (tertiary/aromatic N) is 2. The first-order chi connectivity index (χ1) is 11.7. The Balaban J connectivity index is 0.00000312. The van der Waals surface area contributed by atoms with Crippen molar-refractivity contribution in [2.24, 2.45) is 10.9 Å². The number of aliphatic imine (C=N–C) groups is 1. The van der Waals surface area contributed by atoms with Gasteiger partial charge in [0.25, 0.3) is 0 Å². The molecule has 2 rings (SSSR count). The van der Waals surface area contributed by atoms with Gasteiger partial charge in [0.2, 0.25) is 5.91 Å². The van der Waals surface area contributed by atoms with Gasteiger partial charge in [-0.3, -0.25) is 9.79 Å². The van der Waals surface area contributed by atoms with Crippen molar-refractivity contribution < 1.29 is 9.32 Å². The van der Waals surface area contributed by atoms with Crippen LogP contribution in [0.2, 0.25) is 0 Å². The first-order valence-corrected chi connectivity index (χ1v) is 8.85. The van der Waals surface area contributed by atoms with Gasteiger partial charge < -0.3 is 20.5 Å². The number of carbonyl (C=O) groups excluding carboxylic acids is 1. The Morgan fingerprint density at radius 1 is 1.28 bits per heavy atom. The van der Waals surface area contributed by atoms with E-state index in [1.165, 1.54) is 0 Å². The Bertz CT molecular complexity index is 553. The lowest BCUT2D eigenvalue weighted by Gasteiger charge is -2.11. The van der Waals surface area contributed by atoms with Gasteiger partial charge in [-0.15, -0.1) is 24.0 Å². The van der Waals surface area contributed by atoms with Gasteiger partial charge in [0.1, 0.15) is 0 Å². The van der Waals surface area contributed by atoms with Crippen LogP contribution in [0, 0.1) is 5.92 Å². The molecule has 0 saturated heterocycles. The molecule has 1 aromatic heterocycles. The smallest absolute Gasteiger partial charge is 0.223 e. The highest BCUT2D eigenvalue weighted by Gasteiger charge is 2.28. The van der Waals surface area contributed by atoms with Gasteiger partial charge >= 0.3 is 0 Å². The highest BCUT2D eigenvalue weighted by atomic mass is 127. The summed E-state index contributed by atoms with van der Waals surface area (Å²) in [6.45, 7) is 6.08. The summed E-state index contributed by atoms with van der Waals surface area (Å²) >= 11 is 0. The number of halogens is 1. The third kappa shape index (κ3) is 7.21. The normalized spacial score (nSPS) is 14.2. The second kappa shape index (κ2) is 11.3. The number of nitrogens with one attached hydrogen (secondary N) is 3. The van der Waals surface area contributed by atoms with Gasteiger partial charge in [0, 0.05) is 38.0 Å². The maximum atomic E-state index is 11.5. The zero-order valence-corrected chi connectivity index (χ0v) is 17.6. The van der Waals surface area contributed by atoms with E-state index < -0.39 is 0 Å². The van der Waals surface area contributed by atoms with E-state index >= 15 is 0 Å². The van der Waals surface area contributed by atoms with Gasteiger partial charge in [0.05, 0.1) is 12.2 Å². The second-order valence-corrected chi connectivity index (χ2v) is 6.15. The second-order valence-electron chi connectivity index (χ2n) is 6.15. The summed E-state index contributed by atoms with van der Waals surface area (Å²) in [5, 5.41) is 13.4. The van der Waals surface area contributed by atoms with Crippen LogP contribution in [0.15, 0.2) is 15.6 Å². The molecular weight excluding hydrogens is 433 g/mol. The molecule has 0 spiro atoms. The third-order valence-electron chi connectivity index (χ3n) is 4.30. The first kappa shape index (κ1) is 21.7. The van der Waals surface area contributed by atoms with Gasteiger partial charge in [-0.2, -0.15) is 0 Å². The van der Waals surface area contributed by atoms with Gasteiger partial charge in [0.15, 0.2) is 11.7 Å². The van der Waals surface area contributed by atoms with E-state index in [9.17, 15) is 4.79 Å². The number of aromatic nitrogens is 1. The Kier molecular flexibility index (Phi) is 9.84. The number of rotatable bonds is 9. The minimum atomic E-state index is 0. The molecule has 142 valence electrons. The molecule has 0 aliphatic heterocycles. The number of guanidine groups is 1. The van der Waals surface area contributed by atoms with Crippen LogP contribution in [0.4, 0.5) is 0 Å². The molecule has 1 aliphatic rings. The molecule has 1 saturated carbocycles. The van der Waals surface area contributed by atoms with Crippen LogP contribution in [-0.4, -0.2) is 37.2 Å². The third-order valence-corrected chi connectivity index (χ3v) is 4.30. The van der Waals surface area contributed by atoms with Crippen molar-refractivity contribution in [2.45, 2.75) is 52.0 Å². The molecule has 3 N–H and O–H groups in total. The Morgan fingerprint density at radius 2 is 1.96 bits per heavy atom. The fourth-order valence-corrected chi connectivity index (χ4v) is 2.56. The average Bonchev–Trinajstić information content (AvgIpc) is 3.35. The fourth-order valence-electron chi connectivity index (χ4n) is 2.56. The lowest BCUT2D eigenvalue weighted by molar-refractivity contribution is -0.122. The molecule has 0 radical (unpaired) electrons. The Morgan fingerprint density at radius 3 is 2.56 bits per heavy atom. The maximum absolute atomic E-state index is 11.5. The minimum Gasteiger partial charge on any atom is -0.359 e. The molecule has 1 aromatic rings. The Labute approximate surface area is 166 Å². The zero-order chi connectivity index (χ0) is 17.4. The summed E-state index contributed by atoms with van der Waals surface area (Å²) in [6, 6.07) is 2.01. The van der Waals surface area contributed by atoms with Crippen molar-refractivity contribution in [3.05, 3.63) is 17.5 Å². The first-order valence-electron chi connectivity index (χ1n) is 8.85. The summed E-state index contributed by atoms with van der Waals surface area (Å²) in [6.07, 6.45) is 4.18. The standard InChI is InChI=1S/C17H29N5O2.HI/c1-4-12(5-2)15-10-14(24-22-15)11-21-17(18-3)20-9-8-19-16(23)13-6-7-13;/h10,12-13H,4-9,11H2,1-3H3,(H,19,23)(H2,18,20,21);1H. The molecule has 0 aromatic carbocycles. The van der Waals surface area contributed by atoms with Crippen molar-refractivity contribution in [3.63, 3.8) is 0 Å². The van der Waals surface area contributed by atoms with Crippen molar-refractivity contribution in [1.29, 1.82) is 0 Å². The highest BCUT2D eigenvalue weighted by molar-refractivity contribution is 14.0. The number of hydrogen-bond acceptors (Lipinski definition) is 4. The summed E-state index contributed by atoms with van der Waals surface area (Å²) in [5.41, 5.74) is 1.02. The molecule has 7 nitrogen and oxygen atoms in total. The Hall–Kier alpha value is -1.32. The fraction of sp³-hybridized carbons (Fsp3) is 0.706. The van der Waals surface area contributed by atoms with Crippen LogP contribution in [0.1, 0.15) is 56.9 Å². The van der Waals surface area contributed by atoms with Crippen LogP contribution in [0.25, 0.3) is 0 Å². The SMILES string of the molecule is CCC(CC)c1cc(CNC(=NC)NCCNC(=O)C2CC2)on1.I. The van der Waals surface area contributed by atoms with Crippen molar-refractivity contribution in [3.8, 4) is 0 Å². The van der Waals surface area contributed by atoms with Crippen LogP contribution in [-0.2, 0) is 11.3 Å². The minimum absolute atomic E-state index is 0. The number of amides is 1. The van der Waals surface area contributed by atoms with E-state index in [0.29, 0.717) is 31.5 Å². The van der Waals surface area contributed by atoms with Crippen molar-refractivity contribution in [1.82, 2.24) is 21.1 Å². The molecular formula is C17H30IN5O2. The summed E-state index contributed by atoms with van der Waals surface area (Å²) < 4.78 is 5.38. The molecule has 1 amide bonds. The van der Waals surface area contributed by atoms with Gasteiger partial charge in [-0.1, -0.05) is 19.0 Å². The van der Waals surface area contributed by atoms with Crippen LogP contribution >= 0.6 is 24.0 Å². The predicted octanol–water partition coefficient (Wildman–Crippen LogP) is 2.39. The summed E-state index contributed by atoms with van der Waals surface area (Å²) in [4.78, 5) is 15.7. The lowest BCUT2D eigenvalue weighted by Crippen LogP contribution is -2.41. The summed E-state index contributed by atoms with van der Waals surface area (Å²) in [5.74, 6) is 2.33. The average molecular weight is 463 g/mol. The van der Waals surface area contributed by atoms with Gasteiger partial charge in [-0.05, 0) is 25.7 Å². The number of carbonyl (C=O) groups is 1. The molecule has 0 bridgehead atoms. The summed E-state index contributed by atoms with van der Waals surface area (Å²) in [7, 11) is 1.72. The quantitative estimate of drug-likeness (QED) is 0.227. The molecule has 1 aliphatic carbocycles. The van der Waals surface area contributed by atoms with Crippen molar-refractivity contribution >= 4 is 35.8 Å². The van der Waals surface area contributed by atoms with Crippen LogP contribution in [0.5, 0.6) is 0 Å². The largest absolute Gasteiger partial charge is 0.359 e. The lowest BCUT2D eigenvalue weighted by atomic mass is 9.99. The number of hydrogen-bond donors (Lipinski definition) is 3. The molecule has 0 atom stereocenters. The van der Waals surface area contributed by atoms with E-state index in [1.54, 1.807) is 7.05 Å². The molecule has 1 heterocycles. The molecule has 25 heavy (non-hydrogen) atoms. The topological polar surface area (TPSA) is 91.6 Å². The van der Waals surface area contributed by atoms with E-state index in [1.807, 2.05) is 6.07 Å². The van der Waals surface area contributed by atoms with E-state index in [-0.39, 0.29) is 35.8 Å². The molecule has 8 heteroatoms. The van der Waals surface area contributed by atoms with Crippen LogP contribution in [0.3, 0.4) is 0 Å².